The molecule has 2 aromatic carbocycles. The van der Waals surface area contributed by atoms with Crippen molar-refractivity contribution in [3.05, 3.63) is 71.3 Å². The van der Waals surface area contributed by atoms with Gasteiger partial charge in [-0.05, 0) is 42.5 Å². The summed E-state index contributed by atoms with van der Waals surface area (Å²) >= 11 is 0. The number of allylic oxidation sites excluding steroid dienone is 1. The topological polar surface area (TPSA) is 50.1 Å². The minimum atomic E-state index is -0.994. The Bertz CT molecular complexity index is 746. The van der Waals surface area contributed by atoms with Crippen LogP contribution in [0.15, 0.2) is 48.5 Å². The van der Waals surface area contributed by atoms with Crippen molar-refractivity contribution in [2.75, 3.05) is 6.61 Å². The van der Waals surface area contributed by atoms with Gasteiger partial charge in [-0.1, -0.05) is 12.1 Å². The molecule has 0 bridgehead atoms. The van der Waals surface area contributed by atoms with Gasteiger partial charge in [0.15, 0.2) is 24.0 Å². The molecule has 22 heavy (non-hydrogen) atoms. The summed E-state index contributed by atoms with van der Waals surface area (Å²) in [5.74, 6) is -1.84. The highest BCUT2D eigenvalue weighted by atomic mass is 19.2. The van der Waals surface area contributed by atoms with Crippen LogP contribution in [0.2, 0.25) is 0 Å². The van der Waals surface area contributed by atoms with Crippen molar-refractivity contribution in [1.29, 1.82) is 5.26 Å². The molecule has 2 rings (SSSR count). The number of rotatable bonds is 5. The van der Waals surface area contributed by atoms with Crippen molar-refractivity contribution in [3.8, 4) is 11.8 Å². The molecule has 0 saturated carbocycles. The lowest BCUT2D eigenvalue weighted by Gasteiger charge is -2.02. The summed E-state index contributed by atoms with van der Waals surface area (Å²) in [7, 11) is 0. The van der Waals surface area contributed by atoms with Gasteiger partial charge in [0.1, 0.15) is 11.8 Å². The first-order chi connectivity index (χ1) is 10.6. The molecular weight excluding hydrogens is 288 g/mol. The number of carbonyl (C=O) groups excluding carboxylic acids is 1. The fourth-order valence-electron chi connectivity index (χ4n) is 1.74. The van der Waals surface area contributed by atoms with Gasteiger partial charge in [0.05, 0.1) is 0 Å². The molecule has 0 atom stereocenters. The van der Waals surface area contributed by atoms with Crippen LogP contribution >= 0.6 is 0 Å². The van der Waals surface area contributed by atoms with E-state index in [1.54, 1.807) is 12.1 Å². The predicted octanol–water partition coefficient (Wildman–Crippen LogP) is 3.76. The Hall–Kier alpha value is -3.00. The van der Waals surface area contributed by atoms with Gasteiger partial charge < -0.3 is 4.74 Å². The zero-order chi connectivity index (χ0) is 15.9. The molecule has 0 N–H and O–H groups in total. The molecular formula is C17H11F2NO2. The number of benzene rings is 2. The Morgan fingerprint density at radius 2 is 1.91 bits per heavy atom. The minimum Gasteiger partial charge on any atom is -0.479 e. The van der Waals surface area contributed by atoms with Crippen LogP contribution in [0.3, 0.4) is 0 Å². The Kier molecular flexibility index (Phi) is 4.99. The normalized spacial score (nSPS) is 10.4. The van der Waals surface area contributed by atoms with Gasteiger partial charge in [0, 0.05) is 11.1 Å². The van der Waals surface area contributed by atoms with Crippen LogP contribution < -0.4 is 4.74 Å². The fraction of sp³-hybridized carbons (Fsp3) is 0.0588. The standard InChI is InChI=1S/C17H11F2NO2/c18-15-3-1-2-13(17(15)19)6-9-16(21)12-4-7-14(8-5-12)22-11-10-20/h1-9H,11H2. The maximum Gasteiger partial charge on any atom is 0.185 e. The van der Waals surface area contributed by atoms with Gasteiger partial charge in [-0.25, -0.2) is 8.78 Å². The summed E-state index contributed by atoms with van der Waals surface area (Å²) < 4.78 is 31.6. The lowest BCUT2D eigenvalue weighted by Crippen LogP contribution is -1.97. The Morgan fingerprint density at radius 1 is 1.18 bits per heavy atom. The van der Waals surface area contributed by atoms with Crippen molar-refractivity contribution in [3.63, 3.8) is 0 Å². The second kappa shape index (κ2) is 7.14. The van der Waals surface area contributed by atoms with Crippen LogP contribution in [0.1, 0.15) is 15.9 Å². The quantitative estimate of drug-likeness (QED) is 0.624. The molecule has 3 nitrogen and oxygen atoms in total. The molecule has 2 aromatic rings. The number of ether oxygens (including phenoxy) is 1. The summed E-state index contributed by atoms with van der Waals surface area (Å²) in [4.78, 5) is 11.9. The first-order valence-corrected chi connectivity index (χ1v) is 6.38. The molecule has 0 radical (unpaired) electrons. The molecule has 5 heteroatoms. The highest BCUT2D eigenvalue weighted by Gasteiger charge is 2.06. The van der Waals surface area contributed by atoms with E-state index in [9.17, 15) is 13.6 Å². The summed E-state index contributed by atoms with van der Waals surface area (Å²) in [6.07, 6.45) is 2.39. The molecule has 0 amide bonds. The van der Waals surface area contributed by atoms with Crippen LogP contribution in [-0.4, -0.2) is 12.4 Å². The van der Waals surface area contributed by atoms with Gasteiger partial charge >= 0.3 is 0 Å². The monoisotopic (exact) mass is 299 g/mol. The fourth-order valence-corrected chi connectivity index (χ4v) is 1.74. The first-order valence-electron chi connectivity index (χ1n) is 6.38. The van der Waals surface area contributed by atoms with E-state index in [-0.39, 0.29) is 18.0 Å². The van der Waals surface area contributed by atoms with E-state index < -0.39 is 11.6 Å². The molecule has 0 spiro atoms. The third-order valence-corrected chi connectivity index (χ3v) is 2.84. The summed E-state index contributed by atoms with van der Waals surface area (Å²) in [5.41, 5.74) is 0.375. The molecule has 0 aliphatic heterocycles. The third-order valence-electron chi connectivity index (χ3n) is 2.84. The second-order valence-electron chi connectivity index (χ2n) is 4.31. The highest BCUT2D eigenvalue weighted by Crippen LogP contribution is 2.15. The number of carbonyl (C=O) groups is 1. The molecule has 0 aliphatic rings. The van der Waals surface area contributed by atoms with Crippen molar-refractivity contribution in [1.82, 2.24) is 0 Å². The van der Waals surface area contributed by atoms with Gasteiger partial charge in [-0.3, -0.25) is 4.79 Å². The van der Waals surface area contributed by atoms with Gasteiger partial charge in [-0.2, -0.15) is 5.26 Å². The van der Waals surface area contributed by atoms with Gasteiger partial charge in [-0.15, -0.1) is 0 Å². The number of ketones is 1. The molecule has 0 aromatic heterocycles. The second-order valence-corrected chi connectivity index (χ2v) is 4.31. The van der Waals surface area contributed by atoms with Crippen LogP contribution in [0.25, 0.3) is 6.08 Å². The lowest BCUT2D eigenvalue weighted by atomic mass is 10.1. The maximum atomic E-state index is 13.4. The van der Waals surface area contributed by atoms with E-state index in [1.165, 1.54) is 36.4 Å². The van der Waals surface area contributed by atoms with Crippen LogP contribution in [0, 0.1) is 23.0 Å². The largest absolute Gasteiger partial charge is 0.479 e. The summed E-state index contributed by atoms with van der Waals surface area (Å²) in [6, 6.07) is 11.8. The van der Waals surface area contributed by atoms with E-state index in [0.717, 1.165) is 6.07 Å². The average Bonchev–Trinajstić information content (AvgIpc) is 2.54. The molecule has 0 unspecified atom stereocenters. The summed E-state index contributed by atoms with van der Waals surface area (Å²) in [5, 5.41) is 8.39. The molecule has 0 heterocycles. The maximum absolute atomic E-state index is 13.4. The van der Waals surface area contributed by atoms with Crippen molar-refractivity contribution in [2.45, 2.75) is 0 Å². The van der Waals surface area contributed by atoms with Gasteiger partial charge in [0.25, 0.3) is 0 Å². The minimum absolute atomic E-state index is 0.00215. The first kappa shape index (κ1) is 15.4. The summed E-state index contributed by atoms with van der Waals surface area (Å²) in [6.45, 7) is -0.0773. The van der Waals surface area contributed by atoms with E-state index >= 15 is 0 Å². The third kappa shape index (κ3) is 3.76. The average molecular weight is 299 g/mol. The van der Waals surface area contributed by atoms with Crippen molar-refractivity contribution < 1.29 is 18.3 Å². The van der Waals surface area contributed by atoms with Crippen LogP contribution in [-0.2, 0) is 0 Å². The van der Waals surface area contributed by atoms with Crippen LogP contribution in [0.4, 0.5) is 8.78 Å². The van der Waals surface area contributed by atoms with Gasteiger partial charge in [0.2, 0.25) is 0 Å². The number of nitrogens with zero attached hydrogens (tertiary/aromatic N) is 1. The number of hydrogen-bond acceptors (Lipinski definition) is 3. The van der Waals surface area contributed by atoms with Crippen LogP contribution in [0.5, 0.6) is 5.75 Å². The highest BCUT2D eigenvalue weighted by molar-refractivity contribution is 6.06. The number of halogens is 2. The number of nitriles is 1. The zero-order valence-electron chi connectivity index (χ0n) is 11.4. The Balaban J connectivity index is 2.10. The predicted molar refractivity (Wildman–Crippen MR) is 77.3 cm³/mol. The van der Waals surface area contributed by atoms with Crippen molar-refractivity contribution >= 4 is 11.9 Å². The zero-order valence-corrected chi connectivity index (χ0v) is 11.4. The van der Waals surface area contributed by atoms with Crippen molar-refractivity contribution in [2.24, 2.45) is 0 Å². The Labute approximate surface area is 126 Å². The Morgan fingerprint density at radius 3 is 2.59 bits per heavy atom. The van der Waals surface area contributed by atoms with E-state index in [1.807, 2.05) is 6.07 Å². The molecule has 0 aliphatic carbocycles. The van der Waals surface area contributed by atoms with E-state index in [0.29, 0.717) is 11.3 Å². The molecule has 110 valence electrons. The smallest absolute Gasteiger partial charge is 0.185 e. The molecule has 0 fully saturated rings. The number of hydrogen-bond donors (Lipinski definition) is 0. The SMILES string of the molecule is N#CCOc1ccc(C(=O)C=Cc2cccc(F)c2F)cc1. The lowest BCUT2D eigenvalue weighted by molar-refractivity contribution is 0.104. The van der Waals surface area contributed by atoms with E-state index in [4.69, 9.17) is 10.00 Å². The molecule has 0 saturated heterocycles. The van der Waals surface area contributed by atoms with E-state index in [2.05, 4.69) is 0 Å².